The molecule has 1 N–H and O–H groups in total. The second-order valence-electron chi connectivity index (χ2n) is 7.30. The molecule has 4 rings (SSSR count). The molecule has 0 aliphatic carbocycles. The summed E-state index contributed by atoms with van der Waals surface area (Å²) in [7, 11) is 0. The third kappa shape index (κ3) is 4.33. The average Bonchev–Trinajstić information content (AvgIpc) is 3.32. The highest BCUT2D eigenvalue weighted by molar-refractivity contribution is 5.39. The van der Waals surface area contributed by atoms with E-state index in [1.54, 1.807) is 24.3 Å². The number of aliphatic hydroxyl groups is 1. The Morgan fingerprint density at radius 1 is 1.03 bits per heavy atom. The van der Waals surface area contributed by atoms with Gasteiger partial charge in [-0.1, -0.05) is 5.92 Å². The van der Waals surface area contributed by atoms with Gasteiger partial charge in [0, 0.05) is 17.2 Å². The molecule has 1 atom stereocenters. The number of hydrogen-bond donors (Lipinski definition) is 1. The van der Waals surface area contributed by atoms with E-state index in [-0.39, 0.29) is 5.75 Å². The van der Waals surface area contributed by atoms with Crippen molar-refractivity contribution >= 4 is 0 Å². The standard InChI is InChI=1S/C24H16F4N4O2/c1-2-16-3-6-18(7-4-16)34-19-8-10-22(30-12-19)24(27,28)23(33,13-32-15-29-14-31-32)20-9-5-17(25)11-21(20)26/h1,3-12,14-15,33H,13H2. The van der Waals surface area contributed by atoms with Gasteiger partial charge in [0.25, 0.3) is 0 Å². The number of aromatic nitrogens is 4. The Labute approximate surface area is 191 Å². The predicted octanol–water partition coefficient (Wildman–Crippen LogP) is 4.40. The first-order valence-corrected chi connectivity index (χ1v) is 9.82. The van der Waals surface area contributed by atoms with Crippen LogP contribution in [0.15, 0.2) is 73.4 Å². The van der Waals surface area contributed by atoms with E-state index in [9.17, 15) is 13.9 Å². The minimum Gasteiger partial charge on any atom is -0.456 e. The predicted molar refractivity (Wildman–Crippen MR) is 113 cm³/mol. The summed E-state index contributed by atoms with van der Waals surface area (Å²) < 4.78 is 65.9. The highest BCUT2D eigenvalue weighted by atomic mass is 19.3. The van der Waals surface area contributed by atoms with Crippen LogP contribution in [0.2, 0.25) is 0 Å². The van der Waals surface area contributed by atoms with Crippen LogP contribution in [-0.2, 0) is 18.1 Å². The highest BCUT2D eigenvalue weighted by Gasteiger charge is 2.57. The molecule has 1 unspecified atom stereocenters. The van der Waals surface area contributed by atoms with Crippen molar-refractivity contribution in [3.05, 3.63) is 102 Å². The maximum Gasteiger partial charge on any atom is 0.323 e. The summed E-state index contributed by atoms with van der Waals surface area (Å²) in [5.74, 6) is -3.47. The first-order valence-electron chi connectivity index (χ1n) is 9.82. The van der Waals surface area contributed by atoms with E-state index in [1.807, 2.05) is 0 Å². The molecule has 2 heterocycles. The molecule has 10 heteroatoms. The summed E-state index contributed by atoms with van der Waals surface area (Å²) in [5.41, 5.74) is -4.24. The van der Waals surface area contributed by atoms with Gasteiger partial charge in [0.1, 0.15) is 41.5 Å². The number of halogens is 4. The molecule has 2 aromatic carbocycles. The summed E-state index contributed by atoms with van der Waals surface area (Å²) in [4.78, 5) is 7.39. The quantitative estimate of drug-likeness (QED) is 0.322. The van der Waals surface area contributed by atoms with Crippen LogP contribution < -0.4 is 4.74 Å². The molecule has 0 saturated heterocycles. The van der Waals surface area contributed by atoms with Gasteiger partial charge in [0.05, 0.1) is 12.7 Å². The van der Waals surface area contributed by atoms with E-state index < -0.39 is 41.0 Å². The van der Waals surface area contributed by atoms with E-state index in [0.29, 0.717) is 17.4 Å². The minimum atomic E-state index is -4.13. The van der Waals surface area contributed by atoms with Crippen LogP contribution in [-0.4, -0.2) is 24.9 Å². The monoisotopic (exact) mass is 468 g/mol. The first kappa shape index (κ1) is 22.9. The molecule has 0 aliphatic rings. The Balaban J connectivity index is 1.68. The number of nitrogens with zero attached hydrogens (tertiary/aromatic N) is 4. The van der Waals surface area contributed by atoms with Crippen LogP contribution in [0.3, 0.4) is 0 Å². The Hall–Kier alpha value is -4.23. The topological polar surface area (TPSA) is 73.1 Å². The molecule has 6 nitrogen and oxygen atoms in total. The van der Waals surface area contributed by atoms with E-state index >= 15 is 8.78 Å². The second kappa shape index (κ2) is 8.96. The van der Waals surface area contributed by atoms with Gasteiger partial charge >= 0.3 is 5.92 Å². The fraction of sp³-hybridized carbons (Fsp3) is 0.125. The van der Waals surface area contributed by atoms with Crippen LogP contribution in [0.4, 0.5) is 17.6 Å². The van der Waals surface area contributed by atoms with Gasteiger partial charge < -0.3 is 9.84 Å². The van der Waals surface area contributed by atoms with Crippen LogP contribution >= 0.6 is 0 Å². The van der Waals surface area contributed by atoms with E-state index in [2.05, 4.69) is 21.0 Å². The summed E-state index contributed by atoms with van der Waals surface area (Å²) >= 11 is 0. The fourth-order valence-corrected chi connectivity index (χ4v) is 3.32. The zero-order chi connectivity index (χ0) is 24.3. The molecule has 0 saturated carbocycles. The van der Waals surface area contributed by atoms with Gasteiger partial charge in [-0.25, -0.2) is 18.4 Å². The molecule has 0 fully saturated rings. The van der Waals surface area contributed by atoms with Crippen LogP contribution in [0.1, 0.15) is 16.8 Å². The molecule has 0 amide bonds. The second-order valence-corrected chi connectivity index (χ2v) is 7.30. The molecular formula is C24H16F4N4O2. The van der Waals surface area contributed by atoms with Crippen molar-refractivity contribution < 1.29 is 27.4 Å². The van der Waals surface area contributed by atoms with Crippen molar-refractivity contribution in [3.8, 4) is 23.8 Å². The van der Waals surface area contributed by atoms with E-state index in [1.165, 1.54) is 6.07 Å². The Morgan fingerprint density at radius 2 is 1.76 bits per heavy atom. The SMILES string of the molecule is C#Cc1ccc(Oc2ccc(C(F)(F)C(O)(Cn3cncn3)c3ccc(F)cc3F)nc2)cc1. The van der Waals surface area contributed by atoms with Crippen molar-refractivity contribution in [2.24, 2.45) is 0 Å². The van der Waals surface area contributed by atoms with Gasteiger partial charge in [-0.05, 0) is 48.5 Å². The maximum atomic E-state index is 15.7. The zero-order valence-electron chi connectivity index (χ0n) is 17.4. The molecule has 2 aromatic heterocycles. The van der Waals surface area contributed by atoms with Crippen LogP contribution in [0.5, 0.6) is 11.5 Å². The molecule has 0 radical (unpaired) electrons. The van der Waals surface area contributed by atoms with Gasteiger partial charge in [0.15, 0.2) is 5.60 Å². The Morgan fingerprint density at radius 3 is 2.35 bits per heavy atom. The van der Waals surface area contributed by atoms with Crippen molar-refractivity contribution in [2.45, 2.75) is 18.1 Å². The number of benzene rings is 2. The van der Waals surface area contributed by atoms with Crippen molar-refractivity contribution in [1.82, 2.24) is 19.7 Å². The molecular weight excluding hydrogens is 452 g/mol. The third-order valence-corrected chi connectivity index (χ3v) is 5.07. The number of rotatable bonds is 7. The molecule has 172 valence electrons. The maximum absolute atomic E-state index is 15.7. The number of hydrogen-bond acceptors (Lipinski definition) is 5. The lowest BCUT2D eigenvalue weighted by molar-refractivity contribution is -0.207. The van der Waals surface area contributed by atoms with Crippen molar-refractivity contribution in [2.75, 3.05) is 0 Å². The molecule has 0 bridgehead atoms. The van der Waals surface area contributed by atoms with E-state index in [4.69, 9.17) is 11.2 Å². The highest BCUT2D eigenvalue weighted by Crippen LogP contribution is 2.46. The summed E-state index contributed by atoms with van der Waals surface area (Å²) in [6.07, 6.45) is 8.49. The summed E-state index contributed by atoms with van der Waals surface area (Å²) in [6, 6.07) is 10.6. The van der Waals surface area contributed by atoms with Gasteiger partial charge in [0.2, 0.25) is 0 Å². The number of ether oxygens (including phenoxy) is 1. The van der Waals surface area contributed by atoms with Crippen LogP contribution in [0, 0.1) is 24.0 Å². The fourth-order valence-electron chi connectivity index (χ4n) is 3.32. The molecule has 4 aromatic rings. The average molecular weight is 468 g/mol. The van der Waals surface area contributed by atoms with E-state index in [0.717, 1.165) is 41.7 Å². The van der Waals surface area contributed by atoms with Gasteiger partial charge in [-0.3, -0.25) is 4.98 Å². The third-order valence-electron chi connectivity index (χ3n) is 5.07. The van der Waals surface area contributed by atoms with Crippen molar-refractivity contribution in [1.29, 1.82) is 0 Å². The Bertz CT molecular complexity index is 1320. The first-order chi connectivity index (χ1) is 16.2. The number of pyridine rings is 1. The van der Waals surface area contributed by atoms with Gasteiger partial charge in [-0.2, -0.15) is 13.9 Å². The zero-order valence-corrected chi connectivity index (χ0v) is 17.4. The van der Waals surface area contributed by atoms with Gasteiger partial charge in [-0.15, -0.1) is 6.42 Å². The largest absolute Gasteiger partial charge is 0.456 e. The number of alkyl halides is 2. The lowest BCUT2D eigenvalue weighted by Crippen LogP contribution is -2.48. The number of terminal acetylenes is 1. The molecule has 0 spiro atoms. The lowest BCUT2D eigenvalue weighted by atomic mass is 9.84. The van der Waals surface area contributed by atoms with Crippen LogP contribution in [0.25, 0.3) is 0 Å². The molecule has 34 heavy (non-hydrogen) atoms. The normalized spacial score (nSPS) is 13.2. The summed E-state index contributed by atoms with van der Waals surface area (Å²) in [5, 5.41) is 14.9. The smallest absolute Gasteiger partial charge is 0.323 e. The van der Waals surface area contributed by atoms with Crippen molar-refractivity contribution in [3.63, 3.8) is 0 Å². The summed E-state index contributed by atoms with van der Waals surface area (Å²) in [6.45, 7) is -0.885. The Kier molecular flexibility index (Phi) is 6.04. The minimum absolute atomic E-state index is 0.140. The molecule has 0 aliphatic heterocycles. The lowest BCUT2D eigenvalue weighted by Gasteiger charge is -2.36.